The number of anilines is 1. The Bertz CT molecular complexity index is 693. The molecular formula is C21H32N6. The minimum Gasteiger partial charge on any atom is -0.354 e. The second-order valence-electron chi connectivity index (χ2n) is 7.17. The lowest BCUT2D eigenvalue weighted by molar-refractivity contribution is 0.230. The SMILES string of the molecule is Cc1cccnc1CN1CCNCC1.Cc1cccnc1N1CCNCC1. The number of aryl methyl sites for hydroxylation is 2. The van der Waals surface area contributed by atoms with E-state index >= 15 is 0 Å². The summed E-state index contributed by atoms with van der Waals surface area (Å²) in [5.41, 5.74) is 3.78. The quantitative estimate of drug-likeness (QED) is 0.858. The van der Waals surface area contributed by atoms with Gasteiger partial charge in [-0.05, 0) is 37.1 Å². The molecule has 0 unspecified atom stereocenters. The van der Waals surface area contributed by atoms with Crippen LogP contribution in [0.3, 0.4) is 0 Å². The molecule has 2 aromatic heterocycles. The summed E-state index contributed by atoms with van der Waals surface area (Å²) in [6.07, 6.45) is 3.74. The van der Waals surface area contributed by atoms with Crippen LogP contribution in [0.2, 0.25) is 0 Å². The number of nitrogens with one attached hydrogen (secondary N) is 2. The molecule has 0 saturated carbocycles. The average Bonchev–Trinajstić information content (AvgIpc) is 2.72. The number of rotatable bonds is 3. The zero-order valence-electron chi connectivity index (χ0n) is 16.6. The van der Waals surface area contributed by atoms with Crippen molar-refractivity contribution in [3.8, 4) is 0 Å². The van der Waals surface area contributed by atoms with Gasteiger partial charge in [-0.1, -0.05) is 12.1 Å². The third-order valence-corrected chi connectivity index (χ3v) is 5.10. The van der Waals surface area contributed by atoms with Crippen LogP contribution in [0.15, 0.2) is 36.7 Å². The second-order valence-corrected chi connectivity index (χ2v) is 7.17. The molecule has 2 aliphatic heterocycles. The molecule has 4 heterocycles. The highest BCUT2D eigenvalue weighted by molar-refractivity contribution is 5.46. The maximum Gasteiger partial charge on any atom is 0.131 e. The number of nitrogens with zero attached hydrogens (tertiary/aromatic N) is 4. The maximum absolute atomic E-state index is 4.41. The van der Waals surface area contributed by atoms with Crippen LogP contribution in [0.25, 0.3) is 0 Å². The van der Waals surface area contributed by atoms with E-state index in [0.29, 0.717) is 0 Å². The van der Waals surface area contributed by atoms with Crippen molar-refractivity contribution in [3.05, 3.63) is 53.5 Å². The van der Waals surface area contributed by atoms with Gasteiger partial charge in [0.05, 0.1) is 5.69 Å². The first-order valence-electron chi connectivity index (χ1n) is 9.95. The second kappa shape index (κ2) is 10.3. The van der Waals surface area contributed by atoms with Gasteiger partial charge in [0.25, 0.3) is 0 Å². The molecule has 0 aliphatic carbocycles. The fraction of sp³-hybridized carbons (Fsp3) is 0.524. The summed E-state index contributed by atoms with van der Waals surface area (Å²) < 4.78 is 0. The molecule has 2 saturated heterocycles. The highest BCUT2D eigenvalue weighted by Crippen LogP contribution is 2.15. The minimum atomic E-state index is 0.994. The van der Waals surface area contributed by atoms with Gasteiger partial charge in [0.2, 0.25) is 0 Å². The Morgan fingerprint density at radius 3 is 2.04 bits per heavy atom. The van der Waals surface area contributed by atoms with Gasteiger partial charge >= 0.3 is 0 Å². The molecule has 146 valence electrons. The Hall–Kier alpha value is -2.02. The van der Waals surface area contributed by atoms with E-state index in [1.165, 1.54) is 16.8 Å². The summed E-state index contributed by atoms with van der Waals surface area (Å²) in [7, 11) is 0. The lowest BCUT2D eigenvalue weighted by Gasteiger charge is -2.29. The lowest BCUT2D eigenvalue weighted by Crippen LogP contribution is -2.44. The Labute approximate surface area is 163 Å². The topological polar surface area (TPSA) is 56.3 Å². The Kier molecular flexibility index (Phi) is 7.56. The van der Waals surface area contributed by atoms with E-state index in [4.69, 9.17) is 0 Å². The number of hydrogen-bond donors (Lipinski definition) is 2. The minimum absolute atomic E-state index is 0.994. The molecule has 0 amide bonds. The van der Waals surface area contributed by atoms with Gasteiger partial charge in [0.15, 0.2) is 0 Å². The van der Waals surface area contributed by atoms with Crippen LogP contribution in [0.1, 0.15) is 16.8 Å². The molecule has 2 N–H and O–H groups in total. The number of aromatic nitrogens is 2. The summed E-state index contributed by atoms with van der Waals surface area (Å²) in [4.78, 5) is 13.6. The predicted octanol–water partition coefficient (Wildman–Crippen LogP) is 1.59. The van der Waals surface area contributed by atoms with Crippen molar-refractivity contribution in [2.24, 2.45) is 0 Å². The van der Waals surface area contributed by atoms with Crippen LogP contribution in [0.4, 0.5) is 5.82 Å². The predicted molar refractivity (Wildman–Crippen MR) is 111 cm³/mol. The van der Waals surface area contributed by atoms with E-state index in [1.54, 1.807) is 0 Å². The van der Waals surface area contributed by atoms with Crippen LogP contribution >= 0.6 is 0 Å². The van der Waals surface area contributed by atoms with E-state index in [9.17, 15) is 0 Å². The van der Waals surface area contributed by atoms with Crippen molar-refractivity contribution >= 4 is 5.82 Å². The van der Waals surface area contributed by atoms with Crippen LogP contribution in [-0.4, -0.2) is 67.2 Å². The number of hydrogen-bond acceptors (Lipinski definition) is 6. The van der Waals surface area contributed by atoms with Crippen molar-refractivity contribution in [3.63, 3.8) is 0 Å². The molecule has 0 bridgehead atoms. The molecule has 0 aromatic carbocycles. The lowest BCUT2D eigenvalue weighted by atomic mass is 10.2. The average molecular weight is 369 g/mol. The summed E-state index contributed by atoms with van der Waals surface area (Å²) in [5, 5.41) is 6.69. The van der Waals surface area contributed by atoms with Crippen LogP contribution in [0.5, 0.6) is 0 Å². The van der Waals surface area contributed by atoms with Crippen LogP contribution in [0, 0.1) is 13.8 Å². The summed E-state index contributed by atoms with van der Waals surface area (Å²) >= 11 is 0. The first-order valence-corrected chi connectivity index (χ1v) is 9.95. The van der Waals surface area contributed by atoms with Crippen molar-refractivity contribution in [1.29, 1.82) is 0 Å². The summed E-state index contributed by atoms with van der Waals surface area (Å²) in [5.74, 6) is 1.14. The van der Waals surface area contributed by atoms with Crippen molar-refractivity contribution in [2.45, 2.75) is 20.4 Å². The zero-order chi connectivity index (χ0) is 18.9. The number of pyridine rings is 2. The molecule has 0 radical (unpaired) electrons. The van der Waals surface area contributed by atoms with Gasteiger partial charge in [-0.25, -0.2) is 4.98 Å². The molecule has 2 aromatic rings. The first-order chi connectivity index (χ1) is 13.2. The van der Waals surface area contributed by atoms with Crippen molar-refractivity contribution < 1.29 is 0 Å². The normalized spacial score (nSPS) is 17.9. The first kappa shape index (κ1) is 19.7. The Morgan fingerprint density at radius 1 is 0.815 bits per heavy atom. The third kappa shape index (κ3) is 5.99. The molecule has 0 atom stereocenters. The number of piperazine rings is 2. The van der Waals surface area contributed by atoms with Crippen molar-refractivity contribution in [1.82, 2.24) is 25.5 Å². The Balaban J connectivity index is 0.000000156. The summed E-state index contributed by atoms with van der Waals surface area (Å²) in [6.45, 7) is 14.0. The van der Waals surface area contributed by atoms with E-state index in [-0.39, 0.29) is 0 Å². The fourth-order valence-corrected chi connectivity index (χ4v) is 3.45. The van der Waals surface area contributed by atoms with Gasteiger partial charge < -0.3 is 15.5 Å². The molecule has 27 heavy (non-hydrogen) atoms. The standard InChI is InChI=1S/C11H17N3.C10H15N3/c1-10-3-2-4-13-11(10)9-14-7-5-12-6-8-14;1-9-3-2-4-12-10(9)13-7-5-11-6-8-13/h2-4,12H,5-9H2,1H3;2-4,11H,5-8H2,1H3. The molecule has 2 fully saturated rings. The van der Waals surface area contributed by atoms with E-state index in [1.807, 2.05) is 24.5 Å². The molecule has 6 nitrogen and oxygen atoms in total. The molecule has 4 rings (SSSR count). The maximum atomic E-state index is 4.41. The van der Waals surface area contributed by atoms with Gasteiger partial charge in [0, 0.05) is 71.3 Å². The van der Waals surface area contributed by atoms with Gasteiger partial charge in [-0.3, -0.25) is 9.88 Å². The molecular weight excluding hydrogens is 336 g/mol. The fourth-order valence-electron chi connectivity index (χ4n) is 3.45. The molecule has 6 heteroatoms. The molecule has 2 aliphatic rings. The molecule has 0 spiro atoms. The Morgan fingerprint density at radius 2 is 1.41 bits per heavy atom. The van der Waals surface area contributed by atoms with Crippen molar-refractivity contribution in [2.75, 3.05) is 57.3 Å². The van der Waals surface area contributed by atoms with E-state index in [0.717, 1.165) is 64.7 Å². The van der Waals surface area contributed by atoms with Gasteiger partial charge in [-0.2, -0.15) is 0 Å². The van der Waals surface area contributed by atoms with Crippen LogP contribution < -0.4 is 15.5 Å². The largest absolute Gasteiger partial charge is 0.354 e. The highest BCUT2D eigenvalue weighted by Gasteiger charge is 2.13. The third-order valence-electron chi connectivity index (χ3n) is 5.10. The van der Waals surface area contributed by atoms with Gasteiger partial charge in [-0.15, -0.1) is 0 Å². The van der Waals surface area contributed by atoms with E-state index in [2.05, 4.69) is 56.4 Å². The monoisotopic (exact) mass is 368 g/mol. The highest BCUT2D eigenvalue weighted by atomic mass is 15.2. The van der Waals surface area contributed by atoms with Gasteiger partial charge in [0.1, 0.15) is 5.82 Å². The zero-order valence-corrected chi connectivity index (χ0v) is 16.6. The van der Waals surface area contributed by atoms with E-state index < -0.39 is 0 Å². The van der Waals surface area contributed by atoms with Crippen LogP contribution in [-0.2, 0) is 6.54 Å². The smallest absolute Gasteiger partial charge is 0.131 e. The summed E-state index contributed by atoms with van der Waals surface area (Å²) in [6, 6.07) is 8.23.